The number of imidazole rings is 1. The number of halogens is 1. The van der Waals surface area contributed by atoms with Crippen LogP contribution in [0.3, 0.4) is 0 Å². The lowest BCUT2D eigenvalue weighted by atomic mass is 10.1. The number of hydrogen-bond acceptors (Lipinski definition) is 1. The first-order valence-corrected chi connectivity index (χ1v) is 6.33. The molecule has 3 heteroatoms. The summed E-state index contributed by atoms with van der Waals surface area (Å²) < 4.78 is 15.2. The molecule has 0 radical (unpaired) electrons. The summed E-state index contributed by atoms with van der Waals surface area (Å²) in [7, 11) is 0. The summed E-state index contributed by atoms with van der Waals surface area (Å²) in [6, 6.07) is 6.85. The van der Waals surface area contributed by atoms with Gasteiger partial charge in [-0.2, -0.15) is 0 Å². The van der Waals surface area contributed by atoms with Crippen LogP contribution in [-0.4, -0.2) is 9.55 Å². The van der Waals surface area contributed by atoms with E-state index in [0.29, 0.717) is 12.0 Å². The molecule has 2 rings (SSSR count). The Labute approximate surface area is 107 Å². The van der Waals surface area contributed by atoms with Crippen LogP contribution >= 0.6 is 0 Å². The highest BCUT2D eigenvalue weighted by molar-refractivity contribution is 5.56. The topological polar surface area (TPSA) is 17.8 Å². The van der Waals surface area contributed by atoms with Gasteiger partial charge in [0.15, 0.2) is 0 Å². The zero-order chi connectivity index (χ0) is 13.3. The lowest BCUT2D eigenvalue weighted by Gasteiger charge is -2.17. The molecule has 0 bridgehead atoms. The van der Waals surface area contributed by atoms with Crippen LogP contribution < -0.4 is 0 Å². The monoisotopic (exact) mass is 246 g/mol. The van der Waals surface area contributed by atoms with Crippen molar-refractivity contribution in [2.24, 2.45) is 0 Å². The minimum Gasteiger partial charge on any atom is -0.325 e. The zero-order valence-corrected chi connectivity index (χ0v) is 11.3. The van der Waals surface area contributed by atoms with E-state index in [2.05, 4.69) is 37.2 Å². The van der Waals surface area contributed by atoms with Crippen LogP contribution in [0.1, 0.15) is 45.3 Å². The molecule has 1 heterocycles. The first-order chi connectivity index (χ1) is 8.50. The fraction of sp³-hybridized carbons (Fsp3) is 0.400. The first kappa shape index (κ1) is 12.8. The Morgan fingerprint density at radius 1 is 1.06 bits per heavy atom. The third-order valence-electron chi connectivity index (χ3n) is 3.04. The molecule has 0 atom stereocenters. The van der Waals surface area contributed by atoms with E-state index in [1.54, 1.807) is 12.1 Å². The maximum absolute atomic E-state index is 13.0. The van der Waals surface area contributed by atoms with E-state index in [1.807, 2.05) is 6.20 Å². The Morgan fingerprint density at radius 2 is 1.67 bits per heavy atom. The largest absolute Gasteiger partial charge is 0.325 e. The molecular weight excluding hydrogens is 227 g/mol. The Morgan fingerprint density at radius 3 is 2.17 bits per heavy atom. The molecule has 96 valence electrons. The summed E-state index contributed by atoms with van der Waals surface area (Å²) in [5.74, 6) is 1.12. The Kier molecular flexibility index (Phi) is 3.50. The molecule has 0 saturated heterocycles. The van der Waals surface area contributed by atoms with Gasteiger partial charge in [-0.05, 0) is 44.0 Å². The van der Waals surface area contributed by atoms with Gasteiger partial charge in [-0.3, -0.25) is 0 Å². The van der Waals surface area contributed by atoms with Crippen LogP contribution in [0.5, 0.6) is 0 Å². The van der Waals surface area contributed by atoms with E-state index in [1.165, 1.54) is 17.8 Å². The average molecular weight is 246 g/mol. The fourth-order valence-electron chi connectivity index (χ4n) is 2.16. The van der Waals surface area contributed by atoms with Crippen molar-refractivity contribution in [2.75, 3.05) is 0 Å². The van der Waals surface area contributed by atoms with Crippen molar-refractivity contribution in [3.8, 4) is 11.4 Å². The van der Waals surface area contributed by atoms with Gasteiger partial charge in [-0.15, -0.1) is 0 Å². The van der Waals surface area contributed by atoms with Gasteiger partial charge >= 0.3 is 0 Å². The Bertz CT molecular complexity index is 524. The maximum atomic E-state index is 13.0. The second-order valence-electron chi connectivity index (χ2n) is 5.13. The molecule has 1 aromatic carbocycles. The number of benzene rings is 1. The van der Waals surface area contributed by atoms with Gasteiger partial charge in [0.1, 0.15) is 11.6 Å². The van der Waals surface area contributed by atoms with Crippen molar-refractivity contribution in [3.63, 3.8) is 0 Å². The summed E-state index contributed by atoms with van der Waals surface area (Å²) >= 11 is 0. The lowest BCUT2D eigenvalue weighted by molar-refractivity contribution is 0.564. The summed E-state index contributed by atoms with van der Waals surface area (Å²) in [5, 5.41) is 0. The maximum Gasteiger partial charge on any atom is 0.140 e. The molecule has 0 amide bonds. The van der Waals surface area contributed by atoms with Crippen LogP contribution in [0.15, 0.2) is 30.5 Å². The highest BCUT2D eigenvalue weighted by Crippen LogP contribution is 2.27. The molecule has 18 heavy (non-hydrogen) atoms. The highest BCUT2D eigenvalue weighted by atomic mass is 19.1. The second-order valence-corrected chi connectivity index (χ2v) is 5.13. The number of hydrogen-bond donors (Lipinski definition) is 0. The summed E-state index contributed by atoms with van der Waals surface area (Å²) in [4.78, 5) is 4.50. The number of nitrogens with zero attached hydrogens (tertiary/aromatic N) is 2. The zero-order valence-electron chi connectivity index (χ0n) is 11.3. The summed E-state index contributed by atoms with van der Waals surface area (Å²) in [6.07, 6.45) is 1.92. The normalized spacial score (nSPS) is 11.5. The summed E-state index contributed by atoms with van der Waals surface area (Å²) in [5.41, 5.74) is 2.17. The molecule has 0 aliphatic rings. The standard InChI is InChI=1S/C15H19FN2/c1-10(2)14-9-17-15(18(14)11(3)4)12-5-7-13(16)8-6-12/h5-11H,1-4H3. The molecule has 0 spiro atoms. The van der Waals surface area contributed by atoms with Crippen molar-refractivity contribution < 1.29 is 4.39 Å². The van der Waals surface area contributed by atoms with Crippen molar-refractivity contribution in [3.05, 3.63) is 42.0 Å². The first-order valence-electron chi connectivity index (χ1n) is 6.33. The summed E-state index contributed by atoms with van der Waals surface area (Å²) in [6.45, 7) is 8.59. The SMILES string of the molecule is CC(C)c1cnc(-c2ccc(F)cc2)n1C(C)C. The lowest BCUT2D eigenvalue weighted by Crippen LogP contribution is -2.08. The molecule has 0 fully saturated rings. The molecule has 0 unspecified atom stereocenters. The van der Waals surface area contributed by atoms with Gasteiger partial charge in [-0.25, -0.2) is 9.37 Å². The minimum absolute atomic E-state index is 0.217. The second kappa shape index (κ2) is 4.92. The van der Waals surface area contributed by atoms with Gasteiger partial charge in [0.25, 0.3) is 0 Å². The van der Waals surface area contributed by atoms with Gasteiger partial charge in [0.2, 0.25) is 0 Å². The van der Waals surface area contributed by atoms with E-state index in [4.69, 9.17) is 0 Å². The third kappa shape index (κ3) is 2.30. The van der Waals surface area contributed by atoms with E-state index < -0.39 is 0 Å². The van der Waals surface area contributed by atoms with E-state index in [-0.39, 0.29) is 5.82 Å². The molecule has 2 nitrogen and oxygen atoms in total. The van der Waals surface area contributed by atoms with Crippen LogP contribution in [0.4, 0.5) is 4.39 Å². The highest BCUT2D eigenvalue weighted by Gasteiger charge is 2.16. The van der Waals surface area contributed by atoms with E-state index in [9.17, 15) is 4.39 Å². The third-order valence-corrected chi connectivity index (χ3v) is 3.04. The van der Waals surface area contributed by atoms with Crippen LogP contribution in [0.2, 0.25) is 0 Å². The molecule has 1 aromatic heterocycles. The average Bonchev–Trinajstić information content (AvgIpc) is 2.74. The van der Waals surface area contributed by atoms with E-state index >= 15 is 0 Å². The molecule has 2 aromatic rings. The van der Waals surface area contributed by atoms with Crippen molar-refractivity contribution in [2.45, 2.75) is 39.7 Å². The predicted octanol–water partition coefficient (Wildman–Crippen LogP) is 4.39. The van der Waals surface area contributed by atoms with Crippen molar-refractivity contribution in [1.82, 2.24) is 9.55 Å². The smallest absolute Gasteiger partial charge is 0.140 e. The van der Waals surface area contributed by atoms with Gasteiger partial charge in [-0.1, -0.05) is 13.8 Å². The van der Waals surface area contributed by atoms with Gasteiger partial charge in [0, 0.05) is 23.5 Å². The van der Waals surface area contributed by atoms with Crippen LogP contribution in [-0.2, 0) is 0 Å². The van der Waals surface area contributed by atoms with Crippen molar-refractivity contribution >= 4 is 0 Å². The van der Waals surface area contributed by atoms with Crippen LogP contribution in [0, 0.1) is 5.82 Å². The molecule has 0 saturated carbocycles. The Hall–Kier alpha value is -1.64. The molecular formula is C15H19FN2. The quantitative estimate of drug-likeness (QED) is 0.785. The minimum atomic E-state index is -0.217. The van der Waals surface area contributed by atoms with Gasteiger partial charge < -0.3 is 4.57 Å². The number of aromatic nitrogens is 2. The van der Waals surface area contributed by atoms with Gasteiger partial charge in [0.05, 0.1) is 0 Å². The predicted molar refractivity (Wildman–Crippen MR) is 72.1 cm³/mol. The van der Waals surface area contributed by atoms with E-state index in [0.717, 1.165) is 11.4 Å². The molecule has 0 aliphatic heterocycles. The molecule has 0 aliphatic carbocycles. The van der Waals surface area contributed by atoms with Crippen LogP contribution in [0.25, 0.3) is 11.4 Å². The number of rotatable bonds is 3. The fourth-order valence-corrected chi connectivity index (χ4v) is 2.16. The molecule has 0 N–H and O–H groups in total. The van der Waals surface area contributed by atoms with Crippen molar-refractivity contribution in [1.29, 1.82) is 0 Å². The Balaban J connectivity index is 2.54.